The summed E-state index contributed by atoms with van der Waals surface area (Å²) in [6.45, 7) is 3.17. The third-order valence-corrected chi connectivity index (χ3v) is 6.94. The van der Waals surface area contributed by atoms with Crippen molar-refractivity contribution >= 4 is 34.5 Å². The first kappa shape index (κ1) is 17.7. The fourth-order valence-electron chi connectivity index (χ4n) is 3.67. The molecule has 2 amide bonds. The van der Waals surface area contributed by atoms with E-state index in [0.29, 0.717) is 26.3 Å². The normalized spacial score (nSPS) is 20.1. The number of hydrogen-bond donors (Lipinski definition) is 0. The van der Waals surface area contributed by atoms with E-state index in [0.717, 1.165) is 13.0 Å². The molecule has 138 valence electrons. The second-order valence-corrected chi connectivity index (χ2v) is 8.53. The van der Waals surface area contributed by atoms with Crippen LogP contribution in [0.5, 0.6) is 0 Å². The van der Waals surface area contributed by atoms with Crippen LogP contribution in [0.25, 0.3) is 0 Å². The first-order valence-corrected chi connectivity index (χ1v) is 10.7. The summed E-state index contributed by atoms with van der Waals surface area (Å²) in [6.07, 6.45) is 1.46. The lowest BCUT2D eigenvalue weighted by molar-refractivity contribution is -0.140. The van der Waals surface area contributed by atoms with Gasteiger partial charge in [0.1, 0.15) is 0 Å². The van der Waals surface area contributed by atoms with Crippen LogP contribution in [0.4, 0.5) is 0 Å². The van der Waals surface area contributed by atoms with Crippen LogP contribution in [0.3, 0.4) is 0 Å². The summed E-state index contributed by atoms with van der Waals surface area (Å²) in [7, 11) is 0. The quantitative estimate of drug-likeness (QED) is 0.807. The van der Waals surface area contributed by atoms with E-state index in [2.05, 4.69) is 22.9 Å². The van der Waals surface area contributed by atoms with Gasteiger partial charge >= 0.3 is 0 Å². The third-order valence-electron chi connectivity index (χ3n) is 5.02. The molecule has 5 nitrogen and oxygen atoms in total. The van der Waals surface area contributed by atoms with Crippen LogP contribution in [-0.2, 0) is 20.7 Å². The van der Waals surface area contributed by atoms with E-state index in [1.54, 1.807) is 27.6 Å². The van der Waals surface area contributed by atoms with Crippen LogP contribution >= 0.6 is 22.7 Å². The molecule has 2 aliphatic heterocycles. The monoisotopic (exact) mass is 390 g/mol. The van der Waals surface area contributed by atoms with Gasteiger partial charge in [-0.15, -0.1) is 22.7 Å². The maximum absolute atomic E-state index is 13.0. The number of fused-ring (bicyclic) bond motifs is 1. The summed E-state index contributed by atoms with van der Waals surface area (Å²) in [5.74, 6) is 0.129. The Kier molecular flexibility index (Phi) is 5.38. The van der Waals surface area contributed by atoms with Gasteiger partial charge in [-0.25, -0.2) is 0 Å². The summed E-state index contributed by atoms with van der Waals surface area (Å²) >= 11 is 3.46. The first-order valence-electron chi connectivity index (χ1n) is 8.98. The fourth-order valence-corrected chi connectivity index (χ4v) is 5.43. The molecule has 0 radical (unpaired) electrons. The van der Waals surface area contributed by atoms with Crippen molar-refractivity contribution in [3.63, 3.8) is 0 Å². The highest BCUT2D eigenvalue weighted by atomic mass is 32.1. The number of carbonyl (C=O) groups is 2. The Bertz CT molecular complexity index is 766. The summed E-state index contributed by atoms with van der Waals surface area (Å²) in [4.78, 5) is 31.7. The highest BCUT2D eigenvalue weighted by molar-refractivity contribution is 7.10. The molecule has 0 bridgehead atoms. The number of nitrogens with zero attached hydrogens (tertiary/aromatic N) is 2. The minimum atomic E-state index is -0.00371. The Balaban J connectivity index is 1.45. The van der Waals surface area contributed by atoms with Gasteiger partial charge < -0.3 is 14.5 Å². The smallest absolute Gasteiger partial charge is 0.223 e. The average molecular weight is 391 g/mol. The van der Waals surface area contributed by atoms with E-state index in [1.807, 2.05) is 11.0 Å². The zero-order valence-electron chi connectivity index (χ0n) is 14.6. The van der Waals surface area contributed by atoms with Crippen LogP contribution in [-0.4, -0.2) is 54.5 Å². The lowest BCUT2D eigenvalue weighted by Gasteiger charge is -2.35. The Morgan fingerprint density at radius 3 is 2.62 bits per heavy atom. The van der Waals surface area contributed by atoms with E-state index in [-0.39, 0.29) is 30.7 Å². The molecule has 1 saturated heterocycles. The van der Waals surface area contributed by atoms with Crippen molar-refractivity contribution in [3.8, 4) is 0 Å². The minimum Gasteiger partial charge on any atom is -0.378 e. The molecule has 0 aromatic carbocycles. The maximum atomic E-state index is 13.0. The largest absolute Gasteiger partial charge is 0.378 e. The Morgan fingerprint density at radius 2 is 1.85 bits per heavy atom. The van der Waals surface area contributed by atoms with Crippen molar-refractivity contribution in [3.05, 3.63) is 44.3 Å². The zero-order chi connectivity index (χ0) is 17.9. The number of hydrogen-bond acceptors (Lipinski definition) is 5. The maximum Gasteiger partial charge on any atom is 0.223 e. The molecule has 0 N–H and O–H groups in total. The van der Waals surface area contributed by atoms with Crippen molar-refractivity contribution in [1.82, 2.24) is 9.80 Å². The molecule has 1 atom stereocenters. The van der Waals surface area contributed by atoms with Gasteiger partial charge in [0.15, 0.2) is 0 Å². The van der Waals surface area contributed by atoms with E-state index >= 15 is 0 Å². The lowest BCUT2D eigenvalue weighted by atomic mass is 9.98. The molecule has 2 aromatic heterocycles. The second-order valence-electron chi connectivity index (χ2n) is 6.55. The van der Waals surface area contributed by atoms with Crippen LogP contribution in [0.1, 0.15) is 34.2 Å². The van der Waals surface area contributed by atoms with Crippen molar-refractivity contribution in [1.29, 1.82) is 0 Å². The SMILES string of the molecule is O=C(CCC(=O)N1CCc2sccc2[C@H]1c1cccs1)N1CCOCC1. The number of amides is 2. The van der Waals surface area contributed by atoms with E-state index < -0.39 is 0 Å². The predicted molar refractivity (Wildman–Crippen MR) is 103 cm³/mol. The molecule has 26 heavy (non-hydrogen) atoms. The van der Waals surface area contributed by atoms with Gasteiger partial charge in [0.2, 0.25) is 11.8 Å². The minimum absolute atomic E-state index is 0.00371. The number of morpholine rings is 1. The topological polar surface area (TPSA) is 49.9 Å². The standard InChI is InChI=1S/C19H22N2O3S2/c22-17(20-8-10-24-11-9-20)3-4-18(23)21-7-5-15-14(6-13-26-15)19(21)16-2-1-12-25-16/h1-2,6,12-13,19H,3-5,7-11H2/t19-/m0/s1. The van der Waals surface area contributed by atoms with Gasteiger partial charge in [0, 0.05) is 42.2 Å². The molecule has 2 aliphatic rings. The van der Waals surface area contributed by atoms with E-state index in [4.69, 9.17) is 4.74 Å². The highest BCUT2D eigenvalue weighted by Gasteiger charge is 2.33. The Labute approximate surface area is 161 Å². The number of thiophene rings is 2. The van der Waals surface area contributed by atoms with Crippen molar-refractivity contribution in [2.45, 2.75) is 25.3 Å². The Morgan fingerprint density at radius 1 is 1.04 bits per heavy atom. The van der Waals surface area contributed by atoms with Gasteiger partial charge in [-0.05, 0) is 34.9 Å². The van der Waals surface area contributed by atoms with Crippen molar-refractivity contribution in [2.75, 3.05) is 32.8 Å². The Hall–Kier alpha value is -1.70. The van der Waals surface area contributed by atoms with Gasteiger partial charge in [-0.2, -0.15) is 0 Å². The fraction of sp³-hybridized carbons (Fsp3) is 0.474. The predicted octanol–water partition coefficient (Wildman–Crippen LogP) is 2.92. The molecular weight excluding hydrogens is 368 g/mol. The molecule has 0 spiro atoms. The lowest BCUT2D eigenvalue weighted by Crippen LogP contribution is -2.42. The molecule has 0 aliphatic carbocycles. The van der Waals surface area contributed by atoms with Gasteiger partial charge in [-0.1, -0.05) is 6.07 Å². The molecule has 4 heterocycles. The van der Waals surface area contributed by atoms with E-state index in [9.17, 15) is 9.59 Å². The van der Waals surface area contributed by atoms with Gasteiger partial charge in [0.05, 0.1) is 19.3 Å². The molecule has 1 fully saturated rings. The van der Waals surface area contributed by atoms with Crippen LogP contribution < -0.4 is 0 Å². The van der Waals surface area contributed by atoms with Gasteiger partial charge in [0.25, 0.3) is 0 Å². The van der Waals surface area contributed by atoms with Crippen LogP contribution in [0, 0.1) is 0 Å². The van der Waals surface area contributed by atoms with Crippen molar-refractivity contribution in [2.24, 2.45) is 0 Å². The third kappa shape index (κ3) is 3.56. The zero-order valence-corrected chi connectivity index (χ0v) is 16.2. The highest BCUT2D eigenvalue weighted by Crippen LogP contribution is 2.39. The van der Waals surface area contributed by atoms with Gasteiger partial charge in [-0.3, -0.25) is 9.59 Å². The summed E-state index contributed by atoms with van der Waals surface area (Å²) in [5.41, 5.74) is 1.25. The van der Waals surface area contributed by atoms with E-state index in [1.165, 1.54) is 15.3 Å². The number of carbonyl (C=O) groups excluding carboxylic acids is 2. The van der Waals surface area contributed by atoms with Crippen LogP contribution in [0.2, 0.25) is 0 Å². The number of rotatable bonds is 4. The molecule has 4 rings (SSSR count). The first-order chi connectivity index (χ1) is 12.7. The summed E-state index contributed by atoms with van der Waals surface area (Å²) < 4.78 is 5.28. The molecule has 7 heteroatoms. The summed E-state index contributed by atoms with van der Waals surface area (Å²) in [5, 5.41) is 4.17. The average Bonchev–Trinajstić information content (AvgIpc) is 3.37. The van der Waals surface area contributed by atoms with Crippen LogP contribution in [0.15, 0.2) is 29.0 Å². The number of ether oxygens (including phenoxy) is 1. The summed E-state index contributed by atoms with van der Waals surface area (Å²) in [6, 6.07) is 6.27. The van der Waals surface area contributed by atoms with Crippen molar-refractivity contribution < 1.29 is 14.3 Å². The molecule has 2 aromatic rings. The molecule has 0 unspecified atom stereocenters. The second kappa shape index (κ2) is 7.90. The molecule has 0 saturated carbocycles. The molecular formula is C19H22N2O3S2.